The first-order valence-corrected chi connectivity index (χ1v) is 7.79. The lowest BCUT2D eigenvalue weighted by molar-refractivity contribution is -0.385. The molecule has 0 amide bonds. The van der Waals surface area contributed by atoms with Gasteiger partial charge in [-0.15, -0.1) is 0 Å². The minimum Gasteiger partial charge on any atom is -0.469 e. The van der Waals surface area contributed by atoms with E-state index in [1.54, 1.807) is 0 Å². The Morgan fingerprint density at radius 2 is 1.88 bits per heavy atom. The van der Waals surface area contributed by atoms with Crippen molar-refractivity contribution in [1.29, 1.82) is 0 Å². The molecule has 0 radical (unpaired) electrons. The molecule has 1 N–H and O–H groups in total. The molecule has 0 saturated heterocycles. The summed E-state index contributed by atoms with van der Waals surface area (Å²) in [6, 6.07) is 5.25. The number of nitrogens with zero attached hydrogens (tertiary/aromatic N) is 1. The predicted octanol–water partition coefficient (Wildman–Crippen LogP) is 0.981. The standard InChI is InChI=1S/C17H19NO8/c1-17(22)8-11(19)13(15(20)25-2)12(14(17)16(21)26-3)9-5-4-6-10(7-9)18(23)24/h4-7,12-14,22H,8H2,1-3H3/t12-,13+,14+,17+/m1/s1. The summed E-state index contributed by atoms with van der Waals surface area (Å²) in [5.74, 6) is -6.14. The van der Waals surface area contributed by atoms with Crippen molar-refractivity contribution in [3.8, 4) is 0 Å². The Morgan fingerprint density at radius 1 is 1.27 bits per heavy atom. The molecule has 0 unspecified atom stereocenters. The third kappa shape index (κ3) is 3.43. The van der Waals surface area contributed by atoms with Gasteiger partial charge in [-0.3, -0.25) is 24.5 Å². The Hall–Kier alpha value is -2.81. The first kappa shape index (κ1) is 19.5. The fourth-order valence-electron chi connectivity index (χ4n) is 3.52. The highest BCUT2D eigenvalue weighted by molar-refractivity contribution is 6.02. The molecule has 4 atom stereocenters. The number of rotatable bonds is 4. The van der Waals surface area contributed by atoms with E-state index in [1.165, 1.54) is 31.2 Å². The maximum absolute atomic E-state index is 12.5. The minimum atomic E-state index is -1.79. The molecule has 0 bridgehead atoms. The molecule has 9 nitrogen and oxygen atoms in total. The van der Waals surface area contributed by atoms with Crippen molar-refractivity contribution in [3.05, 3.63) is 39.9 Å². The number of ketones is 1. The Labute approximate surface area is 149 Å². The number of non-ortho nitro benzene ring substituents is 1. The Balaban J connectivity index is 2.69. The number of benzene rings is 1. The number of aliphatic hydroxyl groups is 1. The molecule has 0 aliphatic heterocycles. The summed E-state index contributed by atoms with van der Waals surface area (Å²) in [6.45, 7) is 1.30. The van der Waals surface area contributed by atoms with E-state index >= 15 is 0 Å². The largest absolute Gasteiger partial charge is 0.469 e. The van der Waals surface area contributed by atoms with E-state index in [9.17, 15) is 29.6 Å². The zero-order chi connectivity index (χ0) is 19.6. The number of esters is 2. The Kier molecular flexibility index (Phi) is 5.41. The van der Waals surface area contributed by atoms with Crippen LogP contribution in [0.5, 0.6) is 0 Å². The highest BCUT2D eigenvalue weighted by atomic mass is 16.6. The number of Topliss-reactive ketones (excluding diaryl/α,β-unsaturated/α-hetero) is 1. The van der Waals surface area contributed by atoms with E-state index in [-0.39, 0.29) is 11.3 Å². The number of nitro benzene ring substituents is 1. The highest BCUT2D eigenvalue weighted by Crippen LogP contribution is 2.47. The van der Waals surface area contributed by atoms with Crippen molar-refractivity contribution in [2.75, 3.05) is 14.2 Å². The number of nitro groups is 1. The molecule has 0 spiro atoms. The van der Waals surface area contributed by atoms with Crippen LogP contribution in [-0.4, -0.2) is 47.6 Å². The van der Waals surface area contributed by atoms with Gasteiger partial charge in [0.15, 0.2) is 5.78 Å². The second-order valence-electron chi connectivity index (χ2n) is 6.38. The normalized spacial score (nSPS) is 28.3. The quantitative estimate of drug-likeness (QED) is 0.361. The van der Waals surface area contributed by atoms with Crippen molar-refractivity contribution in [1.82, 2.24) is 0 Å². The second kappa shape index (κ2) is 7.20. The van der Waals surface area contributed by atoms with Crippen LogP contribution in [0, 0.1) is 22.0 Å². The first-order chi connectivity index (χ1) is 12.1. The Bertz CT molecular complexity index is 757. The van der Waals surface area contributed by atoms with E-state index in [0.717, 1.165) is 14.2 Å². The summed E-state index contributed by atoms with van der Waals surface area (Å²) in [5.41, 5.74) is -1.87. The molecule has 26 heavy (non-hydrogen) atoms. The van der Waals surface area contributed by atoms with Gasteiger partial charge in [0.2, 0.25) is 0 Å². The summed E-state index contributed by atoms with van der Waals surface area (Å²) >= 11 is 0. The molecule has 1 aliphatic rings. The van der Waals surface area contributed by atoms with Crippen LogP contribution in [-0.2, 0) is 23.9 Å². The summed E-state index contributed by atoms with van der Waals surface area (Å²) in [6.07, 6.45) is -0.446. The minimum absolute atomic E-state index is 0.193. The van der Waals surface area contributed by atoms with Gasteiger partial charge in [-0.25, -0.2) is 0 Å². The number of hydrogen-bond acceptors (Lipinski definition) is 8. The van der Waals surface area contributed by atoms with Crippen LogP contribution in [0.4, 0.5) is 5.69 Å². The molecule has 1 fully saturated rings. The molecule has 1 aromatic carbocycles. The molecule has 9 heteroatoms. The van der Waals surface area contributed by atoms with Crippen LogP contribution in [0.3, 0.4) is 0 Å². The number of carbonyl (C=O) groups is 3. The van der Waals surface area contributed by atoms with Crippen LogP contribution < -0.4 is 0 Å². The van der Waals surface area contributed by atoms with Crippen LogP contribution in [0.25, 0.3) is 0 Å². The fourth-order valence-corrected chi connectivity index (χ4v) is 3.52. The van der Waals surface area contributed by atoms with Gasteiger partial charge < -0.3 is 14.6 Å². The average Bonchev–Trinajstić information content (AvgIpc) is 2.59. The van der Waals surface area contributed by atoms with Crippen molar-refractivity contribution in [3.63, 3.8) is 0 Å². The lowest BCUT2D eigenvalue weighted by atomic mass is 9.61. The van der Waals surface area contributed by atoms with Gasteiger partial charge >= 0.3 is 11.9 Å². The van der Waals surface area contributed by atoms with E-state index < -0.39 is 52.4 Å². The van der Waals surface area contributed by atoms with Gasteiger partial charge in [0, 0.05) is 24.5 Å². The summed E-state index contributed by atoms with van der Waals surface area (Å²) in [5, 5.41) is 21.8. The van der Waals surface area contributed by atoms with Gasteiger partial charge in [0.1, 0.15) is 5.92 Å². The molecular formula is C17H19NO8. The predicted molar refractivity (Wildman–Crippen MR) is 87.1 cm³/mol. The lowest BCUT2D eigenvalue weighted by Gasteiger charge is -2.43. The van der Waals surface area contributed by atoms with Crippen LogP contribution in [0.1, 0.15) is 24.8 Å². The van der Waals surface area contributed by atoms with Gasteiger partial charge in [-0.05, 0) is 12.5 Å². The van der Waals surface area contributed by atoms with Crippen molar-refractivity contribution in [2.45, 2.75) is 24.9 Å². The SMILES string of the molecule is COC(=O)[C@H]1C(=O)C[C@](C)(O)[C@H](C(=O)OC)[C@@H]1c1cccc([N+](=O)[O-])c1. The molecule has 1 aliphatic carbocycles. The van der Waals surface area contributed by atoms with E-state index in [1.807, 2.05) is 0 Å². The monoisotopic (exact) mass is 365 g/mol. The van der Waals surface area contributed by atoms with Gasteiger partial charge in [0.05, 0.1) is 30.7 Å². The number of carbonyl (C=O) groups excluding carboxylic acids is 3. The van der Waals surface area contributed by atoms with E-state index in [0.29, 0.717) is 0 Å². The molecule has 0 heterocycles. The van der Waals surface area contributed by atoms with E-state index in [2.05, 4.69) is 0 Å². The molecule has 2 rings (SSSR count). The fraction of sp³-hybridized carbons (Fsp3) is 0.471. The maximum atomic E-state index is 12.5. The third-order valence-corrected chi connectivity index (χ3v) is 4.64. The lowest BCUT2D eigenvalue weighted by Crippen LogP contribution is -2.55. The van der Waals surface area contributed by atoms with E-state index in [4.69, 9.17) is 9.47 Å². The molecule has 140 valence electrons. The molecule has 0 aromatic heterocycles. The smallest absolute Gasteiger partial charge is 0.316 e. The first-order valence-electron chi connectivity index (χ1n) is 7.79. The Morgan fingerprint density at radius 3 is 2.42 bits per heavy atom. The zero-order valence-corrected chi connectivity index (χ0v) is 14.5. The number of hydrogen-bond donors (Lipinski definition) is 1. The van der Waals surface area contributed by atoms with Crippen molar-refractivity contribution in [2.24, 2.45) is 11.8 Å². The molecule has 1 saturated carbocycles. The van der Waals surface area contributed by atoms with Gasteiger partial charge in [-0.2, -0.15) is 0 Å². The van der Waals surface area contributed by atoms with Crippen molar-refractivity contribution < 1.29 is 33.9 Å². The van der Waals surface area contributed by atoms with Gasteiger partial charge in [-0.1, -0.05) is 12.1 Å². The van der Waals surface area contributed by atoms with Gasteiger partial charge in [0.25, 0.3) is 5.69 Å². The summed E-state index contributed by atoms with van der Waals surface area (Å²) in [4.78, 5) is 47.6. The third-order valence-electron chi connectivity index (χ3n) is 4.64. The number of ether oxygens (including phenoxy) is 2. The maximum Gasteiger partial charge on any atom is 0.316 e. The average molecular weight is 365 g/mol. The molecular weight excluding hydrogens is 346 g/mol. The number of methoxy groups -OCH3 is 2. The summed E-state index contributed by atoms with van der Waals surface area (Å²) in [7, 11) is 2.21. The van der Waals surface area contributed by atoms with Crippen LogP contribution in [0.2, 0.25) is 0 Å². The van der Waals surface area contributed by atoms with Crippen LogP contribution in [0.15, 0.2) is 24.3 Å². The highest BCUT2D eigenvalue weighted by Gasteiger charge is 2.57. The van der Waals surface area contributed by atoms with Crippen molar-refractivity contribution >= 4 is 23.4 Å². The topological polar surface area (TPSA) is 133 Å². The second-order valence-corrected chi connectivity index (χ2v) is 6.38. The molecule has 1 aromatic rings. The van der Waals surface area contributed by atoms with Crippen LogP contribution >= 0.6 is 0 Å². The summed E-state index contributed by atoms with van der Waals surface area (Å²) < 4.78 is 9.45. The zero-order valence-electron chi connectivity index (χ0n) is 14.5.